The Morgan fingerprint density at radius 1 is 1.09 bits per heavy atom. The number of amides is 3. The first-order valence-electron chi connectivity index (χ1n) is 10.4. The number of likely N-dealkylation sites (N-methyl/N-ethyl adjacent to an activating group) is 1. The summed E-state index contributed by atoms with van der Waals surface area (Å²) in [5, 5.41) is 2.55. The molecule has 3 amide bonds. The minimum absolute atomic E-state index is 0.0375. The van der Waals surface area contributed by atoms with E-state index >= 15 is 0 Å². The average molecular weight is 444 g/mol. The lowest BCUT2D eigenvalue weighted by atomic mass is 9.87. The quantitative estimate of drug-likeness (QED) is 0.711. The zero-order chi connectivity index (χ0) is 24.3. The molecule has 174 valence electrons. The molecular formula is C23H33N5O4. The van der Waals surface area contributed by atoms with Gasteiger partial charge in [0.15, 0.2) is 11.5 Å². The van der Waals surface area contributed by atoms with Crippen LogP contribution >= 0.6 is 0 Å². The van der Waals surface area contributed by atoms with Crippen molar-refractivity contribution in [1.82, 2.24) is 14.5 Å². The van der Waals surface area contributed by atoms with E-state index in [0.717, 1.165) is 10.5 Å². The molecule has 0 saturated carbocycles. The summed E-state index contributed by atoms with van der Waals surface area (Å²) in [6.45, 7) is 11.7. The van der Waals surface area contributed by atoms with Gasteiger partial charge in [-0.2, -0.15) is 0 Å². The standard InChI is InChI=1S/C23H33N5O4/c1-22(2,3)16-10-8-15(9-11-16)12-28-14-25-20(18(28)19(24)30)26-17(29)13-27(7)21(31)32-23(4,5)6/h8-11,14H,12-13H2,1-7H3,(H2,24,30)(H,26,29). The molecule has 1 heterocycles. The fourth-order valence-electron chi connectivity index (χ4n) is 2.95. The van der Waals surface area contributed by atoms with Crippen LogP contribution in [0.5, 0.6) is 0 Å². The Balaban J connectivity index is 2.12. The van der Waals surface area contributed by atoms with E-state index in [4.69, 9.17) is 10.5 Å². The average Bonchev–Trinajstić information content (AvgIpc) is 3.02. The van der Waals surface area contributed by atoms with Gasteiger partial charge in [-0.1, -0.05) is 45.0 Å². The molecule has 9 nitrogen and oxygen atoms in total. The van der Waals surface area contributed by atoms with Crippen molar-refractivity contribution in [1.29, 1.82) is 0 Å². The molecule has 9 heteroatoms. The molecule has 0 saturated heterocycles. The van der Waals surface area contributed by atoms with Crippen molar-refractivity contribution in [2.24, 2.45) is 5.73 Å². The van der Waals surface area contributed by atoms with E-state index in [0.29, 0.717) is 6.54 Å². The highest BCUT2D eigenvalue weighted by atomic mass is 16.6. The van der Waals surface area contributed by atoms with E-state index in [1.807, 2.05) is 24.3 Å². The summed E-state index contributed by atoms with van der Waals surface area (Å²) in [5.74, 6) is -1.20. The molecule has 1 aromatic carbocycles. The second-order valence-corrected chi connectivity index (χ2v) is 9.77. The van der Waals surface area contributed by atoms with Crippen LogP contribution in [0.15, 0.2) is 30.6 Å². The minimum Gasteiger partial charge on any atom is -0.444 e. The summed E-state index contributed by atoms with van der Waals surface area (Å²) in [5.41, 5.74) is 7.15. The molecule has 0 aliphatic rings. The number of primary amides is 1. The summed E-state index contributed by atoms with van der Waals surface area (Å²) in [4.78, 5) is 41.8. The number of ether oxygens (including phenoxy) is 1. The van der Waals surface area contributed by atoms with E-state index in [-0.39, 0.29) is 23.5 Å². The minimum atomic E-state index is -0.718. The number of hydrogen-bond donors (Lipinski definition) is 2. The molecule has 1 aromatic heterocycles. The van der Waals surface area contributed by atoms with Gasteiger partial charge >= 0.3 is 6.09 Å². The smallest absolute Gasteiger partial charge is 0.410 e. The van der Waals surface area contributed by atoms with Gasteiger partial charge in [0.2, 0.25) is 5.91 Å². The lowest BCUT2D eigenvalue weighted by Crippen LogP contribution is -2.39. The number of aromatic nitrogens is 2. The molecule has 2 aromatic rings. The van der Waals surface area contributed by atoms with Crippen molar-refractivity contribution in [3.05, 3.63) is 47.4 Å². The Morgan fingerprint density at radius 2 is 1.69 bits per heavy atom. The van der Waals surface area contributed by atoms with Crippen molar-refractivity contribution >= 4 is 23.7 Å². The van der Waals surface area contributed by atoms with Crippen LogP contribution in [0, 0.1) is 0 Å². The molecule has 2 rings (SSSR count). The summed E-state index contributed by atoms with van der Waals surface area (Å²) in [6.07, 6.45) is 0.817. The molecule has 32 heavy (non-hydrogen) atoms. The van der Waals surface area contributed by atoms with Gasteiger partial charge in [-0.3, -0.25) is 9.59 Å². The van der Waals surface area contributed by atoms with E-state index in [2.05, 4.69) is 31.1 Å². The third-order valence-electron chi connectivity index (χ3n) is 4.59. The number of anilines is 1. The summed E-state index contributed by atoms with van der Waals surface area (Å²) in [7, 11) is 1.45. The summed E-state index contributed by atoms with van der Waals surface area (Å²) in [6, 6.07) is 8.07. The first-order valence-corrected chi connectivity index (χ1v) is 10.4. The Hall–Kier alpha value is -3.36. The molecule has 0 fully saturated rings. The predicted octanol–water partition coefficient (Wildman–Crippen LogP) is 3.13. The molecule has 0 bridgehead atoms. The number of benzene rings is 1. The van der Waals surface area contributed by atoms with Gasteiger partial charge in [0, 0.05) is 13.6 Å². The highest BCUT2D eigenvalue weighted by molar-refractivity contribution is 6.01. The molecule has 0 radical (unpaired) electrons. The number of nitrogens with one attached hydrogen (secondary N) is 1. The second kappa shape index (κ2) is 9.42. The Morgan fingerprint density at radius 3 is 2.19 bits per heavy atom. The van der Waals surface area contributed by atoms with Crippen molar-refractivity contribution in [3.63, 3.8) is 0 Å². The van der Waals surface area contributed by atoms with Crippen LogP contribution < -0.4 is 11.1 Å². The number of nitrogens with two attached hydrogens (primary N) is 1. The number of nitrogens with zero attached hydrogens (tertiary/aromatic N) is 3. The predicted molar refractivity (Wildman–Crippen MR) is 122 cm³/mol. The molecular weight excluding hydrogens is 410 g/mol. The molecule has 0 atom stereocenters. The highest BCUT2D eigenvalue weighted by Gasteiger charge is 2.23. The molecule has 0 aliphatic heterocycles. The SMILES string of the molecule is CN(CC(=O)Nc1ncn(Cc2ccc(C(C)(C)C)cc2)c1C(N)=O)C(=O)OC(C)(C)C. The van der Waals surface area contributed by atoms with E-state index in [1.165, 1.54) is 18.9 Å². The van der Waals surface area contributed by atoms with Gasteiger partial charge in [-0.15, -0.1) is 0 Å². The van der Waals surface area contributed by atoms with Gasteiger partial charge in [0.25, 0.3) is 5.91 Å². The number of carbonyl (C=O) groups is 3. The molecule has 0 unspecified atom stereocenters. The van der Waals surface area contributed by atoms with Crippen LogP contribution in [0.4, 0.5) is 10.6 Å². The first kappa shape index (κ1) is 24.9. The second-order valence-electron chi connectivity index (χ2n) is 9.77. The third-order valence-corrected chi connectivity index (χ3v) is 4.59. The van der Waals surface area contributed by atoms with Gasteiger partial charge in [0.05, 0.1) is 6.33 Å². The summed E-state index contributed by atoms with van der Waals surface area (Å²) >= 11 is 0. The number of carbonyl (C=O) groups excluding carboxylic acids is 3. The Labute approximate surface area is 188 Å². The van der Waals surface area contributed by atoms with Crippen molar-refractivity contribution in [2.75, 3.05) is 18.9 Å². The van der Waals surface area contributed by atoms with Gasteiger partial charge in [-0.25, -0.2) is 9.78 Å². The largest absolute Gasteiger partial charge is 0.444 e. The molecule has 3 N–H and O–H groups in total. The van der Waals surface area contributed by atoms with Gasteiger partial charge < -0.3 is 25.3 Å². The zero-order valence-corrected chi connectivity index (χ0v) is 19.9. The van der Waals surface area contributed by atoms with Crippen molar-refractivity contribution in [3.8, 4) is 0 Å². The fourth-order valence-corrected chi connectivity index (χ4v) is 2.95. The lowest BCUT2D eigenvalue weighted by molar-refractivity contribution is -0.117. The van der Waals surface area contributed by atoms with Crippen LogP contribution in [-0.2, 0) is 21.5 Å². The van der Waals surface area contributed by atoms with Crippen LogP contribution in [-0.4, -0.2) is 51.6 Å². The van der Waals surface area contributed by atoms with E-state index in [1.54, 1.807) is 25.3 Å². The Bertz CT molecular complexity index is 981. The monoisotopic (exact) mass is 443 g/mol. The van der Waals surface area contributed by atoms with E-state index in [9.17, 15) is 14.4 Å². The molecule has 0 aliphatic carbocycles. The van der Waals surface area contributed by atoms with Crippen LogP contribution in [0.3, 0.4) is 0 Å². The van der Waals surface area contributed by atoms with Crippen LogP contribution in [0.25, 0.3) is 0 Å². The van der Waals surface area contributed by atoms with Gasteiger partial charge in [0.1, 0.15) is 12.1 Å². The maximum Gasteiger partial charge on any atom is 0.410 e. The number of imidazole rings is 1. The third kappa shape index (κ3) is 6.83. The maximum atomic E-state index is 12.4. The fraction of sp³-hybridized carbons (Fsp3) is 0.478. The molecule has 0 spiro atoms. The Kier molecular flexibility index (Phi) is 7.33. The van der Waals surface area contributed by atoms with Crippen LogP contribution in [0.1, 0.15) is 63.2 Å². The van der Waals surface area contributed by atoms with Gasteiger partial charge in [-0.05, 0) is 37.3 Å². The lowest BCUT2D eigenvalue weighted by Gasteiger charge is -2.24. The van der Waals surface area contributed by atoms with Crippen molar-refractivity contribution < 1.29 is 19.1 Å². The zero-order valence-electron chi connectivity index (χ0n) is 19.9. The first-order chi connectivity index (χ1) is 14.7. The highest BCUT2D eigenvalue weighted by Crippen LogP contribution is 2.23. The van der Waals surface area contributed by atoms with Crippen molar-refractivity contribution in [2.45, 2.75) is 59.1 Å². The van der Waals surface area contributed by atoms with Crippen LogP contribution in [0.2, 0.25) is 0 Å². The van der Waals surface area contributed by atoms with E-state index < -0.39 is 23.5 Å². The number of hydrogen-bond acceptors (Lipinski definition) is 5. The maximum absolute atomic E-state index is 12.4. The topological polar surface area (TPSA) is 120 Å². The summed E-state index contributed by atoms with van der Waals surface area (Å²) < 4.78 is 6.81. The normalized spacial score (nSPS) is 11.7. The number of rotatable bonds is 6.